The molecule has 0 radical (unpaired) electrons. The second-order valence-electron chi connectivity index (χ2n) is 5.14. The Morgan fingerprint density at radius 3 is 2.92 bits per heavy atom. The molecule has 1 amide bonds. The van der Waals surface area contributed by atoms with Gasteiger partial charge in [0, 0.05) is 30.0 Å². The predicted molar refractivity (Wildman–Crippen MR) is 88.3 cm³/mol. The fraction of sp³-hybridized carbons (Fsp3) is 0.133. The molecule has 0 bridgehead atoms. The van der Waals surface area contributed by atoms with Crippen LogP contribution >= 0.6 is 0 Å². The number of nitrogens with one attached hydrogen (secondary N) is 1. The Balaban J connectivity index is 2.14. The van der Waals surface area contributed by atoms with E-state index in [1.807, 2.05) is 12.1 Å². The zero-order chi connectivity index (χ0) is 17.3. The Morgan fingerprint density at radius 2 is 2.21 bits per heavy atom. The first-order valence-electron chi connectivity index (χ1n) is 7.05. The summed E-state index contributed by atoms with van der Waals surface area (Å²) in [5.41, 5.74) is 12.2. The van der Waals surface area contributed by atoms with Crippen molar-refractivity contribution in [2.24, 2.45) is 5.73 Å². The molecule has 0 fully saturated rings. The van der Waals surface area contributed by atoms with E-state index in [1.54, 1.807) is 30.0 Å². The normalized spacial score (nSPS) is 11.8. The minimum atomic E-state index is -0.634. The Labute approximate surface area is 136 Å². The van der Waals surface area contributed by atoms with Gasteiger partial charge in [0.05, 0.1) is 17.3 Å². The van der Waals surface area contributed by atoms with E-state index in [-0.39, 0.29) is 11.5 Å². The largest absolute Gasteiger partial charge is 0.369 e. The van der Waals surface area contributed by atoms with Gasteiger partial charge in [0.1, 0.15) is 11.9 Å². The van der Waals surface area contributed by atoms with Crippen LogP contribution in [0.1, 0.15) is 17.3 Å². The van der Waals surface area contributed by atoms with Crippen LogP contribution < -0.4 is 16.8 Å². The summed E-state index contributed by atoms with van der Waals surface area (Å²) < 4.78 is 1.71. The van der Waals surface area contributed by atoms with Crippen molar-refractivity contribution in [3.05, 3.63) is 36.3 Å². The number of pyridine rings is 1. The highest BCUT2D eigenvalue weighted by atomic mass is 16.1. The summed E-state index contributed by atoms with van der Waals surface area (Å²) in [7, 11) is 0. The third-order valence-electron chi connectivity index (χ3n) is 3.41. The molecule has 0 spiro atoms. The molecular formula is C15H14N8O. The summed E-state index contributed by atoms with van der Waals surface area (Å²) in [5.74, 6) is 0.0130. The van der Waals surface area contributed by atoms with E-state index in [4.69, 9.17) is 16.7 Å². The number of nitrogen functional groups attached to an aromatic ring is 1. The highest BCUT2D eigenvalue weighted by Gasteiger charge is 2.14. The van der Waals surface area contributed by atoms with Crippen molar-refractivity contribution in [1.82, 2.24) is 19.5 Å². The van der Waals surface area contributed by atoms with E-state index in [2.05, 4.69) is 20.3 Å². The van der Waals surface area contributed by atoms with Crippen LogP contribution in [-0.2, 0) is 0 Å². The zero-order valence-electron chi connectivity index (χ0n) is 12.8. The highest BCUT2D eigenvalue weighted by Crippen LogP contribution is 2.22. The second-order valence-corrected chi connectivity index (χ2v) is 5.14. The Bertz CT molecular complexity index is 971. The monoisotopic (exact) mass is 322 g/mol. The molecule has 1 atom stereocenters. The molecule has 0 saturated heterocycles. The number of hydrogen-bond acceptors (Lipinski definition) is 7. The van der Waals surface area contributed by atoms with Crippen molar-refractivity contribution >= 4 is 28.6 Å². The molecule has 3 aromatic rings. The lowest BCUT2D eigenvalue weighted by atomic mass is 10.2. The first kappa shape index (κ1) is 15.2. The number of aromatic nitrogens is 4. The fourth-order valence-electron chi connectivity index (χ4n) is 2.27. The number of nitrogens with zero attached hydrogens (tertiary/aromatic N) is 5. The van der Waals surface area contributed by atoms with Crippen molar-refractivity contribution in [1.29, 1.82) is 5.26 Å². The van der Waals surface area contributed by atoms with Crippen molar-refractivity contribution in [2.45, 2.75) is 13.0 Å². The molecule has 0 aromatic carbocycles. The molecule has 3 rings (SSSR count). The second kappa shape index (κ2) is 5.85. The average Bonchev–Trinajstić information content (AvgIpc) is 2.97. The SMILES string of the molecule is C[C@H](C#N)Nc1cc(-n2ccc3cnc(N)nc32)ncc1C(N)=O. The number of carbonyl (C=O) groups excluding carboxylic acids is 1. The topological polar surface area (TPSA) is 149 Å². The third-order valence-corrected chi connectivity index (χ3v) is 3.41. The molecule has 0 aliphatic carbocycles. The summed E-state index contributed by atoms with van der Waals surface area (Å²) in [6.07, 6.45) is 4.74. The zero-order valence-corrected chi connectivity index (χ0v) is 12.8. The molecule has 5 N–H and O–H groups in total. The Hall–Kier alpha value is -3.67. The number of carbonyl (C=O) groups is 1. The number of fused-ring (bicyclic) bond motifs is 1. The average molecular weight is 322 g/mol. The van der Waals surface area contributed by atoms with Gasteiger partial charge in [-0.05, 0) is 13.0 Å². The quantitative estimate of drug-likeness (QED) is 0.643. The summed E-state index contributed by atoms with van der Waals surface area (Å²) in [6.45, 7) is 1.67. The molecule has 9 heteroatoms. The van der Waals surface area contributed by atoms with Gasteiger partial charge in [-0.25, -0.2) is 9.97 Å². The van der Waals surface area contributed by atoms with Gasteiger partial charge < -0.3 is 16.8 Å². The Morgan fingerprint density at radius 1 is 1.42 bits per heavy atom. The van der Waals surface area contributed by atoms with Crippen LogP contribution in [0, 0.1) is 11.3 Å². The van der Waals surface area contributed by atoms with E-state index < -0.39 is 11.9 Å². The van der Waals surface area contributed by atoms with Crippen LogP contribution in [0.15, 0.2) is 30.7 Å². The number of amides is 1. The van der Waals surface area contributed by atoms with E-state index in [0.29, 0.717) is 17.2 Å². The van der Waals surface area contributed by atoms with E-state index in [1.165, 1.54) is 6.20 Å². The molecule has 9 nitrogen and oxygen atoms in total. The number of hydrogen-bond donors (Lipinski definition) is 3. The lowest BCUT2D eigenvalue weighted by Crippen LogP contribution is -2.19. The number of nitrogens with two attached hydrogens (primary N) is 2. The molecular weight excluding hydrogens is 308 g/mol. The summed E-state index contributed by atoms with van der Waals surface area (Å²) in [6, 6.07) is 4.99. The van der Waals surface area contributed by atoms with Crippen molar-refractivity contribution in [2.75, 3.05) is 11.1 Å². The van der Waals surface area contributed by atoms with Gasteiger partial charge in [-0.1, -0.05) is 0 Å². The standard InChI is InChI=1S/C15H14N8O/c1-8(5-16)21-11-4-12(19-7-10(11)13(17)24)23-3-2-9-6-20-15(18)22-14(9)23/h2-4,6-8H,1H3,(H2,17,24)(H,19,21)(H2,18,20,22)/t8-/m1/s1. The molecule has 0 saturated carbocycles. The summed E-state index contributed by atoms with van der Waals surface area (Å²) >= 11 is 0. The van der Waals surface area contributed by atoms with E-state index in [9.17, 15) is 4.79 Å². The van der Waals surface area contributed by atoms with Crippen LogP contribution in [0.2, 0.25) is 0 Å². The van der Waals surface area contributed by atoms with Gasteiger partial charge in [-0.2, -0.15) is 10.2 Å². The molecule has 24 heavy (non-hydrogen) atoms. The summed E-state index contributed by atoms with van der Waals surface area (Å²) in [5, 5.41) is 12.7. The third kappa shape index (κ3) is 2.68. The maximum absolute atomic E-state index is 11.6. The van der Waals surface area contributed by atoms with Gasteiger partial charge in [0.2, 0.25) is 5.95 Å². The van der Waals surface area contributed by atoms with Crippen LogP contribution in [0.3, 0.4) is 0 Å². The fourth-order valence-corrected chi connectivity index (χ4v) is 2.27. The highest BCUT2D eigenvalue weighted by molar-refractivity contribution is 5.98. The van der Waals surface area contributed by atoms with Crippen molar-refractivity contribution in [3.63, 3.8) is 0 Å². The van der Waals surface area contributed by atoms with Gasteiger partial charge in [-0.3, -0.25) is 9.36 Å². The number of primary amides is 1. The predicted octanol–water partition coefficient (Wildman–Crippen LogP) is 0.821. The maximum atomic E-state index is 11.6. The van der Waals surface area contributed by atoms with Crippen LogP contribution in [0.4, 0.5) is 11.6 Å². The van der Waals surface area contributed by atoms with E-state index >= 15 is 0 Å². The lowest BCUT2D eigenvalue weighted by Gasteiger charge is -2.13. The number of anilines is 2. The smallest absolute Gasteiger partial charge is 0.252 e. The molecule has 3 heterocycles. The first-order valence-corrected chi connectivity index (χ1v) is 7.05. The maximum Gasteiger partial charge on any atom is 0.252 e. The first-order chi connectivity index (χ1) is 11.5. The van der Waals surface area contributed by atoms with Crippen LogP contribution in [0.5, 0.6) is 0 Å². The minimum absolute atomic E-state index is 0.146. The number of rotatable bonds is 4. The van der Waals surface area contributed by atoms with E-state index in [0.717, 1.165) is 5.39 Å². The van der Waals surface area contributed by atoms with Gasteiger partial charge >= 0.3 is 0 Å². The molecule has 120 valence electrons. The molecule has 0 aliphatic rings. The van der Waals surface area contributed by atoms with Crippen molar-refractivity contribution in [3.8, 4) is 11.9 Å². The minimum Gasteiger partial charge on any atom is -0.369 e. The van der Waals surface area contributed by atoms with Gasteiger partial charge in [0.15, 0.2) is 5.65 Å². The molecule has 3 aromatic heterocycles. The molecule has 0 unspecified atom stereocenters. The summed E-state index contributed by atoms with van der Waals surface area (Å²) in [4.78, 5) is 24.0. The van der Waals surface area contributed by atoms with Crippen molar-refractivity contribution < 1.29 is 4.79 Å². The Kier molecular flexibility index (Phi) is 3.71. The van der Waals surface area contributed by atoms with Gasteiger partial charge in [-0.15, -0.1) is 0 Å². The van der Waals surface area contributed by atoms with Crippen LogP contribution in [-0.4, -0.2) is 31.5 Å². The van der Waals surface area contributed by atoms with Crippen LogP contribution in [0.25, 0.3) is 16.9 Å². The molecule has 0 aliphatic heterocycles. The lowest BCUT2D eigenvalue weighted by molar-refractivity contribution is 0.100. The number of nitriles is 1. The van der Waals surface area contributed by atoms with Gasteiger partial charge in [0.25, 0.3) is 5.91 Å².